The molecule has 32 heavy (non-hydrogen) atoms. The zero-order valence-electron chi connectivity index (χ0n) is 17.3. The second-order valence-electron chi connectivity index (χ2n) is 8.15. The molecule has 1 aromatic rings. The van der Waals surface area contributed by atoms with Gasteiger partial charge in [0.2, 0.25) is 18.2 Å². The van der Waals surface area contributed by atoms with Crippen molar-refractivity contribution in [2.75, 3.05) is 18.4 Å². The van der Waals surface area contributed by atoms with Crippen molar-refractivity contribution in [3.8, 4) is 0 Å². The maximum atomic E-state index is 13.2. The highest BCUT2D eigenvalue weighted by atomic mass is 19.4. The van der Waals surface area contributed by atoms with Crippen molar-refractivity contribution in [1.29, 1.82) is 0 Å². The van der Waals surface area contributed by atoms with Gasteiger partial charge in [0.25, 0.3) is 0 Å². The number of carbonyl (C=O) groups excluding carboxylic acids is 3. The second-order valence-corrected chi connectivity index (χ2v) is 8.15. The molecule has 3 rings (SSSR count). The van der Waals surface area contributed by atoms with E-state index in [1.54, 1.807) is 0 Å². The molecule has 1 aliphatic heterocycles. The highest BCUT2D eigenvalue weighted by Crippen LogP contribution is 2.32. The first-order valence-electron chi connectivity index (χ1n) is 10.5. The number of alkyl halides is 3. The third-order valence-corrected chi connectivity index (χ3v) is 5.86. The van der Waals surface area contributed by atoms with E-state index in [1.807, 2.05) is 0 Å². The molecule has 2 aliphatic rings. The van der Waals surface area contributed by atoms with Gasteiger partial charge in [0.05, 0.1) is 18.0 Å². The molecule has 1 aromatic heterocycles. The number of hydroxylamine groups is 2. The molecule has 176 valence electrons. The van der Waals surface area contributed by atoms with Gasteiger partial charge < -0.3 is 5.32 Å². The summed E-state index contributed by atoms with van der Waals surface area (Å²) in [6.07, 6.45) is 1.31. The maximum Gasteiger partial charge on any atom is 0.416 e. The van der Waals surface area contributed by atoms with Gasteiger partial charge in [0.15, 0.2) is 0 Å². The van der Waals surface area contributed by atoms with E-state index in [-0.39, 0.29) is 31.1 Å². The second kappa shape index (κ2) is 10.3. The fraction of sp³-hybridized carbons (Fsp3) is 0.600. The number of anilines is 1. The van der Waals surface area contributed by atoms with Gasteiger partial charge in [-0.15, -0.1) is 0 Å². The number of pyridine rings is 1. The molecule has 0 spiro atoms. The Morgan fingerprint density at radius 3 is 2.72 bits per heavy atom. The molecule has 2 fully saturated rings. The van der Waals surface area contributed by atoms with Gasteiger partial charge in [0, 0.05) is 12.7 Å². The molecule has 3 N–H and O–H groups in total. The van der Waals surface area contributed by atoms with Crippen LogP contribution in [-0.4, -0.2) is 57.6 Å². The average molecular weight is 457 g/mol. The van der Waals surface area contributed by atoms with E-state index in [2.05, 4.69) is 15.7 Å². The van der Waals surface area contributed by atoms with E-state index < -0.39 is 35.5 Å². The molecule has 1 aliphatic carbocycles. The van der Waals surface area contributed by atoms with Gasteiger partial charge in [-0.1, -0.05) is 25.7 Å². The highest BCUT2D eigenvalue weighted by Gasteiger charge is 2.39. The molecule has 0 radical (unpaired) electrons. The van der Waals surface area contributed by atoms with Crippen LogP contribution in [0.1, 0.15) is 44.1 Å². The first-order valence-corrected chi connectivity index (χ1v) is 10.5. The summed E-state index contributed by atoms with van der Waals surface area (Å²) in [6, 6.07) is 0.556. The number of nitrogens with zero attached hydrogens (tertiary/aromatic N) is 3. The number of halogens is 3. The molecule has 2 heterocycles. The lowest BCUT2D eigenvalue weighted by Gasteiger charge is -2.29. The molecule has 1 saturated heterocycles. The van der Waals surface area contributed by atoms with Crippen molar-refractivity contribution in [2.24, 2.45) is 11.8 Å². The molecular weight excluding hydrogens is 431 g/mol. The average Bonchev–Trinajstić information content (AvgIpc) is 3.44. The Balaban J connectivity index is 1.71. The summed E-state index contributed by atoms with van der Waals surface area (Å²) in [7, 11) is 0. The Hall–Kier alpha value is -2.73. The zero-order valence-corrected chi connectivity index (χ0v) is 17.3. The van der Waals surface area contributed by atoms with Crippen LogP contribution in [0, 0.1) is 11.8 Å². The molecule has 9 nitrogen and oxygen atoms in total. The number of aromatic nitrogens is 1. The van der Waals surface area contributed by atoms with Crippen LogP contribution in [0.5, 0.6) is 0 Å². The number of nitrogens with one attached hydrogen (secondary N) is 2. The fourth-order valence-electron chi connectivity index (χ4n) is 4.29. The number of hydrogen-bond acceptors (Lipinski definition) is 6. The summed E-state index contributed by atoms with van der Waals surface area (Å²) in [5.41, 5.74) is 1.89. The summed E-state index contributed by atoms with van der Waals surface area (Å²) in [5.74, 6) is -1.83. The van der Waals surface area contributed by atoms with Gasteiger partial charge in [0.1, 0.15) is 11.9 Å². The molecule has 12 heteroatoms. The summed E-state index contributed by atoms with van der Waals surface area (Å²) < 4.78 is 38.7. The lowest BCUT2D eigenvalue weighted by molar-refractivity contribution is -0.159. The minimum Gasteiger partial charge on any atom is -0.309 e. The zero-order chi connectivity index (χ0) is 23.3. The highest BCUT2D eigenvalue weighted by molar-refractivity contribution is 5.97. The predicted molar refractivity (Wildman–Crippen MR) is 106 cm³/mol. The lowest BCUT2D eigenvalue weighted by Crippen LogP contribution is -2.51. The third kappa shape index (κ3) is 5.94. The van der Waals surface area contributed by atoms with E-state index in [4.69, 9.17) is 0 Å². The van der Waals surface area contributed by atoms with E-state index in [0.29, 0.717) is 18.0 Å². The van der Waals surface area contributed by atoms with E-state index in [9.17, 15) is 32.8 Å². The number of rotatable bonds is 8. The Labute approximate surface area is 182 Å². The van der Waals surface area contributed by atoms with Gasteiger partial charge in [-0.05, 0) is 30.9 Å². The monoisotopic (exact) mass is 457 g/mol. The minimum absolute atomic E-state index is 0.208. The van der Waals surface area contributed by atoms with Crippen LogP contribution in [0.15, 0.2) is 18.3 Å². The van der Waals surface area contributed by atoms with Crippen molar-refractivity contribution in [3.63, 3.8) is 0 Å². The topological polar surface area (TPSA) is 115 Å². The smallest absolute Gasteiger partial charge is 0.309 e. The van der Waals surface area contributed by atoms with Crippen molar-refractivity contribution >= 4 is 24.0 Å². The number of amides is 3. The van der Waals surface area contributed by atoms with Gasteiger partial charge in [-0.3, -0.25) is 24.6 Å². The van der Waals surface area contributed by atoms with Gasteiger partial charge in [-0.2, -0.15) is 13.2 Å². The van der Waals surface area contributed by atoms with Crippen LogP contribution < -0.4 is 10.7 Å². The Bertz CT molecular complexity index is 832. The molecule has 3 amide bonds. The van der Waals surface area contributed by atoms with Crippen LogP contribution >= 0.6 is 0 Å². The normalized spacial score (nSPS) is 20.2. The summed E-state index contributed by atoms with van der Waals surface area (Å²) in [5, 5.41) is 13.6. The first-order chi connectivity index (χ1) is 15.2. The number of hydrazine groups is 1. The van der Waals surface area contributed by atoms with Crippen LogP contribution in [0.25, 0.3) is 0 Å². The van der Waals surface area contributed by atoms with Gasteiger partial charge in [-0.25, -0.2) is 15.5 Å². The van der Waals surface area contributed by atoms with Crippen molar-refractivity contribution < 1.29 is 32.8 Å². The van der Waals surface area contributed by atoms with E-state index >= 15 is 0 Å². The Morgan fingerprint density at radius 2 is 2.06 bits per heavy atom. The van der Waals surface area contributed by atoms with Crippen LogP contribution in [0.2, 0.25) is 0 Å². The molecule has 1 saturated carbocycles. The van der Waals surface area contributed by atoms with Crippen molar-refractivity contribution in [1.82, 2.24) is 20.5 Å². The maximum absolute atomic E-state index is 13.2. The summed E-state index contributed by atoms with van der Waals surface area (Å²) >= 11 is 0. The standard InChI is InChI=1S/C20H26F3N5O4/c21-20(22,23)15-5-7-24-17(10-15)26-18(30)16-6-8-25-28(16)19(31)14(11-27(32)12-29)9-13-3-1-2-4-13/h5,7,10,12-14,16,25,32H,1-4,6,8-9,11H2,(H,24,26,30)/t14-,16+/m1/s1. The number of hydrogen-bond donors (Lipinski definition) is 3. The minimum atomic E-state index is -4.58. The lowest BCUT2D eigenvalue weighted by atomic mass is 9.92. The number of carbonyl (C=O) groups is 3. The quantitative estimate of drug-likeness (QED) is 0.313. The SMILES string of the molecule is O=CN(O)C[C@@H](CC1CCCC1)C(=O)N1NCC[C@H]1C(=O)Nc1cc(C(F)(F)F)ccn1. The summed E-state index contributed by atoms with van der Waals surface area (Å²) in [4.78, 5) is 40.6. The largest absolute Gasteiger partial charge is 0.416 e. The van der Waals surface area contributed by atoms with E-state index in [0.717, 1.165) is 49.0 Å². The third-order valence-electron chi connectivity index (χ3n) is 5.86. The van der Waals surface area contributed by atoms with Crippen LogP contribution in [0.3, 0.4) is 0 Å². The Kier molecular flexibility index (Phi) is 7.67. The summed E-state index contributed by atoms with van der Waals surface area (Å²) in [6.45, 7) is 0.104. The molecule has 2 atom stereocenters. The van der Waals surface area contributed by atoms with Crippen LogP contribution in [-0.2, 0) is 20.6 Å². The first kappa shape index (κ1) is 23.9. The van der Waals surface area contributed by atoms with Crippen molar-refractivity contribution in [2.45, 2.75) is 50.7 Å². The van der Waals surface area contributed by atoms with Gasteiger partial charge >= 0.3 is 6.18 Å². The van der Waals surface area contributed by atoms with E-state index in [1.165, 1.54) is 0 Å². The molecule has 0 aromatic carbocycles. The van der Waals surface area contributed by atoms with Crippen molar-refractivity contribution in [3.05, 3.63) is 23.9 Å². The van der Waals surface area contributed by atoms with Crippen LogP contribution in [0.4, 0.5) is 19.0 Å². The Morgan fingerprint density at radius 1 is 1.34 bits per heavy atom. The predicted octanol–water partition coefficient (Wildman–Crippen LogP) is 2.19. The molecular formula is C20H26F3N5O4. The molecule has 0 bridgehead atoms. The molecule has 0 unspecified atom stereocenters. The fourth-order valence-corrected chi connectivity index (χ4v) is 4.29.